The largest absolute Gasteiger partial charge is 0.464 e. The van der Waals surface area contributed by atoms with Crippen molar-refractivity contribution in [2.75, 3.05) is 6.61 Å². The number of rotatable bonds is 5. The van der Waals surface area contributed by atoms with Crippen molar-refractivity contribution in [2.45, 2.75) is 27.2 Å². The van der Waals surface area contributed by atoms with Crippen LogP contribution in [0.15, 0.2) is 24.3 Å². The molecule has 20 heavy (non-hydrogen) atoms. The maximum Gasteiger partial charge on any atom is 0.321 e. The van der Waals surface area contributed by atoms with Crippen LogP contribution < -0.4 is 4.74 Å². The molecule has 0 bridgehead atoms. The number of hydrogen-bond acceptors (Lipinski definition) is 4. The van der Waals surface area contributed by atoms with Gasteiger partial charge in [-0.3, -0.25) is 0 Å². The van der Waals surface area contributed by atoms with E-state index in [0.29, 0.717) is 18.3 Å². The number of hydrogen-bond donors (Lipinski definition) is 0. The molecule has 0 N–H and O–H groups in total. The average molecular weight is 292 g/mol. The summed E-state index contributed by atoms with van der Waals surface area (Å²) in [5.74, 6) is 1.14. The molecule has 106 valence electrons. The van der Waals surface area contributed by atoms with E-state index in [0.717, 1.165) is 12.0 Å². The molecule has 1 aromatic carbocycles. The molecule has 0 aliphatic carbocycles. The molecule has 0 amide bonds. The summed E-state index contributed by atoms with van der Waals surface area (Å²) in [4.78, 5) is 12.4. The summed E-state index contributed by atoms with van der Waals surface area (Å²) in [5.41, 5.74) is 2.18. The minimum atomic E-state index is 0.146. The first-order chi connectivity index (χ1) is 9.58. The molecule has 0 aliphatic rings. The van der Waals surface area contributed by atoms with Crippen molar-refractivity contribution >= 4 is 11.6 Å². The van der Waals surface area contributed by atoms with Crippen molar-refractivity contribution in [2.24, 2.45) is 5.92 Å². The van der Waals surface area contributed by atoms with Crippen LogP contribution >= 0.6 is 11.6 Å². The first kappa shape index (κ1) is 14.7. The zero-order valence-corrected chi connectivity index (χ0v) is 12.7. The Morgan fingerprint density at radius 1 is 1.20 bits per heavy atom. The van der Waals surface area contributed by atoms with Gasteiger partial charge in [-0.2, -0.15) is 15.0 Å². The summed E-state index contributed by atoms with van der Waals surface area (Å²) in [6, 6.07) is 8.42. The first-order valence-electron chi connectivity index (χ1n) is 6.72. The number of ether oxygens (including phenoxy) is 1. The molecule has 0 saturated heterocycles. The molecule has 2 aromatic rings. The molecule has 0 saturated carbocycles. The highest BCUT2D eigenvalue weighted by Crippen LogP contribution is 2.21. The molecule has 0 unspecified atom stereocenters. The summed E-state index contributed by atoms with van der Waals surface area (Å²) in [6.07, 6.45) is 1.02. The normalized spacial score (nSPS) is 10.8. The fourth-order valence-electron chi connectivity index (χ4n) is 1.96. The zero-order chi connectivity index (χ0) is 14.5. The van der Waals surface area contributed by atoms with Gasteiger partial charge in [-0.1, -0.05) is 32.0 Å². The van der Waals surface area contributed by atoms with E-state index < -0.39 is 0 Å². The standard InChI is InChI=1S/C15H18ClN3O/c1-4-20-15-18-13(17-14(16)19-15)12-7-5-6-11(9-12)8-10(2)3/h5-7,9-10H,4,8H2,1-3H3. The summed E-state index contributed by atoms with van der Waals surface area (Å²) in [5, 5.41) is 0.146. The summed E-state index contributed by atoms with van der Waals surface area (Å²) in [7, 11) is 0. The van der Waals surface area contributed by atoms with Crippen LogP contribution in [-0.4, -0.2) is 21.6 Å². The molecule has 1 heterocycles. The van der Waals surface area contributed by atoms with Crippen LogP contribution in [0.25, 0.3) is 11.4 Å². The molecule has 0 atom stereocenters. The van der Waals surface area contributed by atoms with Gasteiger partial charge in [-0.25, -0.2) is 0 Å². The predicted octanol–water partition coefficient (Wildman–Crippen LogP) is 3.79. The Kier molecular flexibility index (Phi) is 4.90. The van der Waals surface area contributed by atoms with Crippen LogP contribution in [0.2, 0.25) is 5.28 Å². The van der Waals surface area contributed by atoms with Gasteiger partial charge in [0.05, 0.1) is 6.61 Å². The SMILES string of the molecule is CCOc1nc(Cl)nc(-c2cccc(CC(C)C)c2)n1. The van der Waals surface area contributed by atoms with Gasteiger partial charge in [-0.05, 0) is 42.5 Å². The van der Waals surface area contributed by atoms with E-state index in [1.807, 2.05) is 19.1 Å². The van der Waals surface area contributed by atoms with Crippen molar-refractivity contribution in [1.82, 2.24) is 15.0 Å². The lowest BCUT2D eigenvalue weighted by molar-refractivity contribution is 0.312. The smallest absolute Gasteiger partial charge is 0.321 e. The fourth-order valence-corrected chi connectivity index (χ4v) is 2.12. The Bertz CT molecular complexity index is 587. The first-order valence-corrected chi connectivity index (χ1v) is 7.10. The van der Waals surface area contributed by atoms with Crippen molar-refractivity contribution < 1.29 is 4.74 Å². The van der Waals surface area contributed by atoms with Gasteiger partial charge in [0.25, 0.3) is 0 Å². The number of halogens is 1. The van der Waals surface area contributed by atoms with Crippen LogP contribution in [0.5, 0.6) is 6.01 Å². The number of aromatic nitrogens is 3. The quantitative estimate of drug-likeness (QED) is 0.841. The molecule has 2 rings (SSSR count). The van der Waals surface area contributed by atoms with Crippen molar-refractivity contribution in [3.8, 4) is 17.4 Å². The fraction of sp³-hybridized carbons (Fsp3) is 0.400. The second-order valence-corrected chi connectivity index (χ2v) is 5.28. The Hall–Kier alpha value is -1.68. The maximum absolute atomic E-state index is 5.92. The maximum atomic E-state index is 5.92. The van der Waals surface area contributed by atoms with E-state index in [9.17, 15) is 0 Å². The zero-order valence-electron chi connectivity index (χ0n) is 11.9. The van der Waals surface area contributed by atoms with Crippen molar-refractivity contribution in [3.63, 3.8) is 0 Å². The van der Waals surface area contributed by atoms with Crippen LogP contribution in [-0.2, 0) is 6.42 Å². The third-order valence-electron chi connectivity index (χ3n) is 2.69. The van der Waals surface area contributed by atoms with E-state index in [2.05, 4.69) is 40.9 Å². The van der Waals surface area contributed by atoms with Gasteiger partial charge in [0.2, 0.25) is 5.28 Å². The number of benzene rings is 1. The van der Waals surface area contributed by atoms with E-state index in [4.69, 9.17) is 16.3 Å². The predicted molar refractivity (Wildman–Crippen MR) is 80.0 cm³/mol. The van der Waals surface area contributed by atoms with Gasteiger partial charge < -0.3 is 4.74 Å². The van der Waals surface area contributed by atoms with E-state index >= 15 is 0 Å². The van der Waals surface area contributed by atoms with Gasteiger partial charge >= 0.3 is 6.01 Å². The van der Waals surface area contributed by atoms with Gasteiger partial charge in [0.1, 0.15) is 0 Å². The van der Waals surface area contributed by atoms with Crippen LogP contribution in [0.4, 0.5) is 0 Å². The van der Waals surface area contributed by atoms with Gasteiger partial charge in [0, 0.05) is 5.56 Å². The molecule has 0 fully saturated rings. The Labute approximate surface area is 124 Å². The van der Waals surface area contributed by atoms with Crippen LogP contribution in [0.1, 0.15) is 26.3 Å². The Morgan fingerprint density at radius 3 is 2.70 bits per heavy atom. The third kappa shape index (κ3) is 3.90. The van der Waals surface area contributed by atoms with Gasteiger partial charge in [-0.15, -0.1) is 0 Å². The van der Waals surface area contributed by atoms with E-state index in [-0.39, 0.29) is 11.3 Å². The van der Waals surface area contributed by atoms with Crippen LogP contribution in [0.3, 0.4) is 0 Å². The molecule has 0 aliphatic heterocycles. The topological polar surface area (TPSA) is 47.9 Å². The number of nitrogens with zero attached hydrogens (tertiary/aromatic N) is 3. The monoisotopic (exact) mass is 291 g/mol. The molecular weight excluding hydrogens is 274 g/mol. The molecule has 0 spiro atoms. The second kappa shape index (κ2) is 6.66. The minimum Gasteiger partial charge on any atom is -0.464 e. The third-order valence-corrected chi connectivity index (χ3v) is 2.86. The van der Waals surface area contributed by atoms with Crippen molar-refractivity contribution in [3.05, 3.63) is 35.1 Å². The minimum absolute atomic E-state index is 0.146. The van der Waals surface area contributed by atoms with E-state index in [1.54, 1.807) is 0 Å². The summed E-state index contributed by atoms with van der Waals surface area (Å²) >= 11 is 5.92. The molecule has 5 heteroatoms. The molecule has 1 aromatic heterocycles. The van der Waals surface area contributed by atoms with E-state index in [1.165, 1.54) is 5.56 Å². The highest BCUT2D eigenvalue weighted by atomic mass is 35.5. The average Bonchev–Trinajstić information content (AvgIpc) is 2.38. The van der Waals surface area contributed by atoms with Crippen molar-refractivity contribution in [1.29, 1.82) is 0 Å². The highest BCUT2D eigenvalue weighted by Gasteiger charge is 2.09. The molecular formula is C15H18ClN3O. The summed E-state index contributed by atoms with van der Waals surface area (Å²) < 4.78 is 5.30. The Morgan fingerprint density at radius 2 is 2.00 bits per heavy atom. The van der Waals surface area contributed by atoms with Crippen LogP contribution in [0, 0.1) is 5.92 Å². The lowest BCUT2D eigenvalue weighted by atomic mass is 10.0. The highest BCUT2D eigenvalue weighted by molar-refractivity contribution is 6.28. The molecule has 4 nitrogen and oxygen atoms in total. The summed E-state index contributed by atoms with van der Waals surface area (Å²) in [6.45, 7) is 6.76. The Balaban J connectivity index is 2.35. The van der Waals surface area contributed by atoms with Gasteiger partial charge in [0.15, 0.2) is 5.82 Å². The molecule has 0 radical (unpaired) electrons. The lowest BCUT2D eigenvalue weighted by Gasteiger charge is -2.08. The lowest BCUT2D eigenvalue weighted by Crippen LogP contribution is -2.01. The second-order valence-electron chi connectivity index (χ2n) is 4.94.